The van der Waals surface area contributed by atoms with E-state index in [-0.39, 0.29) is 34.1 Å². The first kappa shape index (κ1) is 15.0. The standard InChI is InChI=1S/C18H14O5/c1-9(2)23-18(22)13-8-7-12-14(17(13)21)16(20)11-6-4-3-5-10(11)15(12)19/h3-9,21H,1-2H3. The minimum absolute atomic E-state index is 0.0901. The van der Waals surface area contributed by atoms with Crippen LogP contribution in [0.1, 0.15) is 56.0 Å². The smallest absolute Gasteiger partial charge is 0.342 e. The zero-order valence-electron chi connectivity index (χ0n) is 12.6. The monoisotopic (exact) mass is 310 g/mol. The molecule has 1 N–H and O–H groups in total. The molecule has 116 valence electrons. The topological polar surface area (TPSA) is 80.7 Å². The first-order valence-corrected chi connectivity index (χ1v) is 7.17. The van der Waals surface area contributed by atoms with Crippen LogP contribution in [-0.2, 0) is 4.74 Å². The van der Waals surface area contributed by atoms with Crippen molar-refractivity contribution >= 4 is 17.5 Å². The van der Waals surface area contributed by atoms with Crippen molar-refractivity contribution in [3.63, 3.8) is 0 Å². The molecule has 2 aromatic carbocycles. The zero-order chi connectivity index (χ0) is 16.7. The molecule has 0 heterocycles. The SMILES string of the molecule is CC(C)OC(=O)c1ccc2c(c1O)C(=O)c1ccccc1C2=O. The molecule has 3 rings (SSSR count). The first-order valence-electron chi connectivity index (χ1n) is 7.17. The summed E-state index contributed by atoms with van der Waals surface area (Å²) in [6.07, 6.45) is -0.365. The second-order valence-electron chi connectivity index (χ2n) is 5.54. The molecule has 0 bridgehead atoms. The van der Waals surface area contributed by atoms with Crippen molar-refractivity contribution in [2.45, 2.75) is 20.0 Å². The number of esters is 1. The van der Waals surface area contributed by atoms with Crippen molar-refractivity contribution in [1.82, 2.24) is 0 Å². The second kappa shape index (κ2) is 5.35. The molecule has 0 spiro atoms. The molecule has 0 saturated carbocycles. The number of benzene rings is 2. The molecule has 2 aromatic rings. The van der Waals surface area contributed by atoms with E-state index in [1.54, 1.807) is 32.0 Å². The molecule has 5 nitrogen and oxygen atoms in total. The van der Waals surface area contributed by atoms with E-state index >= 15 is 0 Å². The van der Waals surface area contributed by atoms with Crippen LogP contribution < -0.4 is 0 Å². The Hall–Kier alpha value is -2.95. The first-order chi connectivity index (χ1) is 10.9. The molecule has 0 atom stereocenters. The third-order valence-corrected chi connectivity index (χ3v) is 3.63. The van der Waals surface area contributed by atoms with Crippen LogP contribution in [0.3, 0.4) is 0 Å². The zero-order valence-corrected chi connectivity index (χ0v) is 12.6. The predicted molar refractivity (Wildman–Crippen MR) is 82.0 cm³/mol. The Balaban J connectivity index is 2.17. The Labute approximate surface area is 132 Å². The van der Waals surface area contributed by atoms with E-state index in [4.69, 9.17) is 4.74 Å². The van der Waals surface area contributed by atoms with Gasteiger partial charge in [-0.25, -0.2) is 4.79 Å². The van der Waals surface area contributed by atoms with Gasteiger partial charge in [-0.05, 0) is 26.0 Å². The van der Waals surface area contributed by atoms with Crippen molar-refractivity contribution in [2.75, 3.05) is 0 Å². The summed E-state index contributed by atoms with van der Waals surface area (Å²) in [5.74, 6) is -2.08. The minimum atomic E-state index is -0.737. The lowest BCUT2D eigenvalue weighted by Gasteiger charge is -2.19. The van der Waals surface area contributed by atoms with Crippen LogP contribution in [0.4, 0.5) is 0 Å². The maximum atomic E-state index is 12.6. The maximum Gasteiger partial charge on any atom is 0.342 e. The van der Waals surface area contributed by atoms with Gasteiger partial charge in [0.15, 0.2) is 11.6 Å². The van der Waals surface area contributed by atoms with Crippen molar-refractivity contribution in [1.29, 1.82) is 0 Å². The summed E-state index contributed by atoms with van der Waals surface area (Å²) in [5.41, 5.74) is 0.328. The van der Waals surface area contributed by atoms with Crippen LogP contribution in [0.2, 0.25) is 0 Å². The number of aromatic hydroxyl groups is 1. The van der Waals surface area contributed by atoms with Crippen LogP contribution in [-0.4, -0.2) is 28.7 Å². The van der Waals surface area contributed by atoms with E-state index in [1.165, 1.54) is 18.2 Å². The quantitative estimate of drug-likeness (QED) is 0.736. The highest BCUT2D eigenvalue weighted by Crippen LogP contribution is 2.35. The lowest BCUT2D eigenvalue weighted by atomic mass is 9.82. The molecule has 1 aliphatic rings. The summed E-state index contributed by atoms with van der Waals surface area (Å²) in [6.45, 7) is 3.36. The van der Waals surface area contributed by atoms with Crippen LogP contribution >= 0.6 is 0 Å². The van der Waals surface area contributed by atoms with Gasteiger partial charge in [-0.15, -0.1) is 0 Å². The predicted octanol–water partition coefficient (Wildman–Crippen LogP) is 2.73. The van der Waals surface area contributed by atoms with E-state index in [9.17, 15) is 19.5 Å². The molecule has 23 heavy (non-hydrogen) atoms. The molecule has 0 fully saturated rings. The number of fused-ring (bicyclic) bond motifs is 2. The van der Waals surface area contributed by atoms with Crippen molar-refractivity contribution in [3.05, 3.63) is 64.2 Å². The molecule has 0 aromatic heterocycles. The van der Waals surface area contributed by atoms with Gasteiger partial charge in [0.05, 0.1) is 11.7 Å². The third kappa shape index (κ3) is 2.30. The summed E-state index contributed by atoms with van der Waals surface area (Å²) < 4.78 is 5.04. The number of carbonyl (C=O) groups excluding carboxylic acids is 3. The fraction of sp³-hybridized carbons (Fsp3) is 0.167. The van der Waals surface area contributed by atoms with Gasteiger partial charge >= 0.3 is 5.97 Å². The number of phenolic OH excluding ortho intramolecular Hbond substituents is 1. The summed E-state index contributed by atoms with van der Waals surface area (Å²) in [7, 11) is 0. The molecular weight excluding hydrogens is 296 g/mol. The number of carbonyl (C=O) groups is 3. The van der Waals surface area contributed by atoms with E-state index in [2.05, 4.69) is 0 Å². The van der Waals surface area contributed by atoms with Crippen LogP contribution in [0.5, 0.6) is 5.75 Å². The summed E-state index contributed by atoms with van der Waals surface area (Å²) in [6, 6.07) is 9.08. The largest absolute Gasteiger partial charge is 0.506 e. The van der Waals surface area contributed by atoms with Crippen molar-refractivity contribution in [2.24, 2.45) is 0 Å². The molecule has 5 heteroatoms. The van der Waals surface area contributed by atoms with Crippen LogP contribution in [0, 0.1) is 0 Å². The number of phenols is 1. The Morgan fingerprint density at radius 2 is 1.57 bits per heavy atom. The number of hydrogen-bond acceptors (Lipinski definition) is 5. The van der Waals surface area contributed by atoms with Gasteiger partial charge in [0.25, 0.3) is 0 Å². The molecule has 0 unspecified atom stereocenters. The Kier molecular flexibility index (Phi) is 3.48. The van der Waals surface area contributed by atoms with Gasteiger partial charge in [0, 0.05) is 16.7 Å². The highest BCUT2D eigenvalue weighted by atomic mass is 16.5. The highest BCUT2D eigenvalue weighted by molar-refractivity contribution is 6.29. The Morgan fingerprint density at radius 1 is 0.957 bits per heavy atom. The van der Waals surface area contributed by atoms with Gasteiger partial charge in [0.1, 0.15) is 11.3 Å². The van der Waals surface area contributed by atoms with E-state index in [0.717, 1.165) is 0 Å². The van der Waals surface area contributed by atoms with Gasteiger partial charge in [-0.2, -0.15) is 0 Å². The third-order valence-electron chi connectivity index (χ3n) is 3.63. The van der Waals surface area contributed by atoms with E-state index in [0.29, 0.717) is 5.56 Å². The minimum Gasteiger partial charge on any atom is -0.506 e. The summed E-state index contributed by atoms with van der Waals surface area (Å²) >= 11 is 0. The van der Waals surface area contributed by atoms with Gasteiger partial charge < -0.3 is 9.84 Å². The summed E-state index contributed by atoms with van der Waals surface area (Å²) in [5, 5.41) is 10.4. The maximum absolute atomic E-state index is 12.6. The van der Waals surface area contributed by atoms with Gasteiger partial charge in [-0.1, -0.05) is 24.3 Å². The summed E-state index contributed by atoms with van der Waals surface area (Å²) in [4.78, 5) is 37.1. The highest BCUT2D eigenvalue weighted by Gasteiger charge is 2.33. The molecule has 0 saturated heterocycles. The lowest BCUT2D eigenvalue weighted by molar-refractivity contribution is 0.0374. The number of ether oxygens (including phenoxy) is 1. The van der Waals surface area contributed by atoms with Gasteiger partial charge in [0.2, 0.25) is 0 Å². The normalized spacial score (nSPS) is 12.8. The van der Waals surface area contributed by atoms with Crippen molar-refractivity contribution < 1.29 is 24.2 Å². The fourth-order valence-electron chi connectivity index (χ4n) is 2.61. The van der Waals surface area contributed by atoms with Crippen molar-refractivity contribution in [3.8, 4) is 5.75 Å². The number of rotatable bonds is 2. The second-order valence-corrected chi connectivity index (χ2v) is 5.54. The average Bonchev–Trinajstić information content (AvgIpc) is 2.51. The number of hydrogen-bond donors (Lipinski definition) is 1. The molecule has 0 radical (unpaired) electrons. The lowest BCUT2D eigenvalue weighted by Crippen LogP contribution is -2.22. The van der Waals surface area contributed by atoms with Crippen LogP contribution in [0.25, 0.3) is 0 Å². The fourth-order valence-corrected chi connectivity index (χ4v) is 2.61. The molecule has 1 aliphatic carbocycles. The van der Waals surface area contributed by atoms with Gasteiger partial charge in [-0.3, -0.25) is 9.59 Å². The molecule has 0 amide bonds. The molecular formula is C18H14O5. The van der Waals surface area contributed by atoms with E-state index in [1.807, 2.05) is 0 Å². The van der Waals surface area contributed by atoms with E-state index < -0.39 is 17.5 Å². The Morgan fingerprint density at radius 3 is 2.17 bits per heavy atom. The number of ketones is 2. The Bertz CT molecular complexity index is 848. The van der Waals surface area contributed by atoms with Crippen LogP contribution in [0.15, 0.2) is 36.4 Å². The molecule has 0 aliphatic heterocycles. The average molecular weight is 310 g/mol.